The van der Waals surface area contributed by atoms with Crippen molar-refractivity contribution in [3.05, 3.63) is 68.1 Å². The maximum atomic E-state index is 10.0. The zero-order valence-electron chi connectivity index (χ0n) is 15.2. The highest BCUT2D eigenvalue weighted by molar-refractivity contribution is 7.98. The molecule has 1 aromatic carbocycles. The number of likely N-dealkylation sites (N-methyl/N-ethyl adjacent to an activating group) is 1. The fourth-order valence-corrected chi connectivity index (χ4v) is 5.93. The normalized spacial score (nSPS) is 13.9. The van der Waals surface area contributed by atoms with E-state index in [2.05, 4.69) is 24.1 Å². The lowest BCUT2D eigenvalue weighted by Crippen LogP contribution is -2.28. The Morgan fingerprint density at radius 1 is 1.25 bits per heavy atom. The molecule has 0 bridgehead atoms. The van der Waals surface area contributed by atoms with Crippen LogP contribution >= 0.6 is 46.3 Å². The summed E-state index contributed by atoms with van der Waals surface area (Å²) >= 11 is 15.8. The van der Waals surface area contributed by atoms with Gasteiger partial charge < -0.3 is 4.90 Å². The number of pyridine rings is 1. The number of nitrogens with zero attached hydrogens (tertiary/aromatic N) is 3. The van der Waals surface area contributed by atoms with Crippen LogP contribution in [-0.4, -0.2) is 23.5 Å². The predicted molar refractivity (Wildman–Crippen MR) is 118 cm³/mol. The Labute approximate surface area is 182 Å². The summed E-state index contributed by atoms with van der Waals surface area (Å²) in [5.41, 5.74) is 4.81. The summed E-state index contributed by atoms with van der Waals surface area (Å²) < 4.78 is 0. The molecule has 0 spiro atoms. The minimum Gasteiger partial charge on any atom is -0.302 e. The lowest BCUT2D eigenvalue weighted by molar-refractivity contribution is 0.310. The zero-order chi connectivity index (χ0) is 19.7. The molecule has 2 aromatic heterocycles. The maximum Gasteiger partial charge on any atom is 0.115 e. The number of halogens is 2. The number of benzene rings is 1. The molecular weight excluding hydrogens is 429 g/mol. The van der Waals surface area contributed by atoms with Crippen LogP contribution in [0.3, 0.4) is 0 Å². The van der Waals surface area contributed by atoms with Gasteiger partial charge >= 0.3 is 0 Å². The van der Waals surface area contributed by atoms with Crippen molar-refractivity contribution in [2.24, 2.45) is 0 Å². The lowest BCUT2D eigenvalue weighted by Gasteiger charge is -2.27. The Hall–Kier alpha value is -1.55. The van der Waals surface area contributed by atoms with E-state index in [0.717, 1.165) is 46.2 Å². The van der Waals surface area contributed by atoms with Crippen molar-refractivity contribution in [2.45, 2.75) is 23.7 Å². The monoisotopic (exact) mass is 445 g/mol. The number of aromatic nitrogens is 1. The molecule has 3 nitrogen and oxygen atoms in total. The average Bonchev–Trinajstić information content (AvgIpc) is 3.21. The third-order valence-corrected chi connectivity index (χ3v) is 7.40. The van der Waals surface area contributed by atoms with E-state index in [1.165, 1.54) is 17.3 Å². The summed E-state index contributed by atoms with van der Waals surface area (Å²) in [6, 6.07) is 12.0. The SMILES string of the molecule is CN1CCc2nc(SCc3c(Cl)cccc3Cl)c(C#N)c(-c3cccs3)c2C1. The summed E-state index contributed by atoms with van der Waals surface area (Å²) in [4.78, 5) is 8.29. The number of fused-ring (bicyclic) bond motifs is 1. The smallest absolute Gasteiger partial charge is 0.115 e. The van der Waals surface area contributed by atoms with Crippen molar-refractivity contribution < 1.29 is 0 Å². The molecule has 0 radical (unpaired) electrons. The summed E-state index contributed by atoms with van der Waals surface area (Å²) in [6.07, 6.45) is 0.885. The van der Waals surface area contributed by atoms with Crippen molar-refractivity contribution in [3.8, 4) is 16.5 Å². The molecule has 1 aliphatic heterocycles. The van der Waals surface area contributed by atoms with Gasteiger partial charge in [-0.15, -0.1) is 23.1 Å². The number of hydrogen-bond acceptors (Lipinski definition) is 5. The van der Waals surface area contributed by atoms with Crippen LogP contribution in [0.4, 0.5) is 0 Å². The zero-order valence-corrected chi connectivity index (χ0v) is 18.4. The second-order valence-corrected chi connectivity index (χ2v) is 9.38. The largest absolute Gasteiger partial charge is 0.302 e. The van der Waals surface area contributed by atoms with Gasteiger partial charge in [0, 0.05) is 51.4 Å². The molecule has 28 heavy (non-hydrogen) atoms. The Morgan fingerprint density at radius 3 is 2.71 bits per heavy atom. The maximum absolute atomic E-state index is 10.0. The molecule has 0 amide bonds. The van der Waals surface area contributed by atoms with Gasteiger partial charge in [0.1, 0.15) is 11.1 Å². The highest BCUT2D eigenvalue weighted by Crippen LogP contribution is 2.40. The van der Waals surface area contributed by atoms with Gasteiger partial charge in [0.05, 0.1) is 5.56 Å². The van der Waals surface area contributed by atoms with Gasteiger partial charge in [-0.2, -0.15) is 5.26 Å². The Kier molecular flexibility index (Phi) is 5.96. The first kappa shape index (κ1) is 19.8. The molecule has 0 aliphatic carbocycles. The van der Waals surface area contributed by atoms with E-state index in [1.807, 2.05) is 29.6 Å². The van der Waals surface area contributed by atoms with Crippen LogP contribution in [-0.2, 0) is 18.7 Å². The van der Waals surface area contributed by atoms with Gasteiger partial charge in [-0.25, -0.2) is 4.98 Å². The second kappa shape index (κ2) is 8.44. The molecule has 0 saturated carbocycles. The first-order valence-electron chi connectivity index (χ1n) is 8.82. The Balaban J connectivity index is 1.80. The third-order valence-electron chi connectivity index (χ3n) is 4.80. The summed E-state index contributed by atoms with van der Waals surface area (Å²) in [6.45, 7) is 1.78. The van der Waals surface area contributed by atoms with Crippen LogP contribution in [0.1, 0.15) is 22.4 Å². The van der Waals surface area contributed by atoms with E-state index in [1.54, 1.807) is 11.3 Å². The predicted octanol–water partition coefficient (Wildman–Crippen LogP) is 6.27. The van der Waals surface area contributed by atoms with Gasteiger partial charge in [-0.05, 0) is 41.8 Å². The summed E-state index contributed by atoms with van der Waals surface area (Å²) in [5, 5.41) is 14.1. The Bertz CT molecular complexity index is 1040. The average molecular weight is 446 g/mol. The van der Waals surface area contributed by atoms with Gasteiger partial charge in [0.15, 0.2) is 0 Å². The van der Waals surface area contributed by atoms with Crippen molar-refractivity contribution >= 4 is 46.3 Å². The highest BCUT2D eigenvalue weighted by atomic mass is 35.5. The summed E-state index contributed by atoms with van der Waals surface area (Å²) in [5.74, 6) is 0.572. The first-order valence-corrected chi connectivity index (χ1v) is 11.4. The fraction of sp³-hybridized carbons (Fsp3) is 0.238. The highest BCUT2D eigenvalue weighted by Gasteiger charge is 2.25. The molecule has 0 atom stereocenters. The van der Waals surface area contributed by atoms with Gasteiger partial charge in [-0.1, -0.05) is 35.3 Å². The number of hydrogen-bond donors (Lipinski definition) is 0. The van der Waals surface area contributed by atoms with E-state index >= 15 is 0 Å². The molecule has 7 heteroatoms. The van der Waals surface area contributed by atoms with Gasteiger partial charge in [0.2, 0.25) is 0 Å². The number of thioether (sulfide) groups is 1. The minimum absolute atomic E-state index is 0.572. The molecule has 0 fully saturated rings. The molecule has 4 rings (SSSR count). The molecule has 3 heterocycles. The lowest BCUT2D eigenvalue weighted by atomic mass is 9.96. The third kappa shape index (κ3) is 3.80. The molecular formula is C21H17Cl2N3S2. The second-order valence-electron chi connectivity index (χ2n) is 6.66. The van der Waals surface area contributed by atoms with Crippen molar-refractivity contribution in [3.63, 3.8) is 0 Å². The quantitative estimate of drug-likeness (QED) is 0.443. The molecule has 3 aromatic rings. The van der Waals surface area contributed by atoms with Crippen LogP contribution in [0, 0.1) is 11.3 Å². The standard InChI is InChI=1S/C21H17Cl2N3S2/c1-26-8-7-18-14(11-26)20(19-6-3-9-27-19)13(10-24)21(25-18)28-12-15-16(22)4-2-5-17(15)23/h2-6,9H,7-8,11-12H2,1H3. The summed E-state index contributed by atoms with van der Waals surface area (Å²) in [7, 11) is 2.11. The number of nitriles is 1. The fourth-order valence-electron chi connectivity index (χ4n) is 3.38. The van der Waals surface area contributed by atoms with Gasteiger partial charge in [0.25, 0.3) is 0 Å². The van der Waals surface area contributed by atoms with Crippen LogP contribution in [0.2, 0.25) is 10.0 Å². The van der Waals surface area contributed by atoms with Crippen molar-refractivity contribution in [1.29, 1.82) is 5.26 Å². The van der Waals surface area contributed by atoms with E-state index in [4.69, 9.17) is 28.2 Å². The number of thiophene rings is 1. The molecule has 0 saturated heterocycles. The molecule has 1 aliphatic rings. The van der Waals surface area contributed by atoms with E-state index < -0.39 is 0 Å². The van der Waals surface area contributed by atoms with E-state index in [0.29, 0.717) is 21.4 Å². The topological polar surface area (TPSA) is 39.9 Å². The molecule has 0 N–H and O–H groups in total. The van der Waals surface area contributed by atoms with Crippen LogP contribution in [0.5, 0.6) is 0 Å². The van der Waals surface area contributed by atoms with Crippen molar-refractivity contribution in [2.75, 3.05) is 13.6 Å². The van der Waals surface area contributed by atoms with E-state index in [-0.39, 0.29) is 0 Å². The van der Waals surface area contributed by atoms with Crippen LogP contribution in [0.25, 0.3) is 10.4 Å². The molecule has 142 valence electrons. The Morgan fingerprint density at radius 2 is 2.04 bits per heavy atom. The number of rotatable bonds is 4. The van der Waals surface area contributed by atoms with Gasteiger partial charge in [-0.3, -0.25) is 0 Å². The van der Waals surface area contributed by atoms with E-state index in [9.17, 15) is 5.26 Å². The first-order chi connectivity index (χ1) is 13.6. The minimum atomic E-state index is 0.572. The molecule has 0 unspecified atom stereocenters. The van der Waals surface area contributed by atoms with Crippen molar-refractivity contribution in [1.82, 2.24) is 9.88 Å². The van der Waals surface area contributed by atoms with Crippen LogP contribution in [0.15, 0.2) is 40.7 Å². The van der Waals surface area contributed by atoms with Crippen LogP contribution < -0.4 is 0 Å².